The van der Waals surface area contributed by atoms with Gasteiger partial charge in [-0.3, -0.25) is 0 Å². The van der Waals surface area contributed by atoms with E-state index >= 15 is 0 Å². The molecule has 0 heterocycles. The Balaban J connectivity index is 2.45. The van der Waals surface area contributed by atoms with Crippen LogP contribution < -0.4 is 5.73 Å². The maximum atomic E-state index is 5.70. The molecular weight excluding hydrogens is 122 g/mol. The molecule has 0 aromatic carbocycles. The zero-order valence-corrected chi connectivity index (χ0v) is 7.19. The highest BCUT2D eigenvalue weighted by Crippen LogP contribution is 2.37. The maximum absolute atomic E-state index is 5.70. The van der Waals surface area contributed by atoms with Crippen LogP contribution in [0.3, 0.4) is 0 Å². The molecule has 0 unspecified atom stereocenters. The van der Waals surface area contributed by atoms with Gasteiger partial charge in [0.2, 0.25) is 0 Å². The molecule has 0 spiro atoms. The van der Waals surface area contributed by atoms with Gasteiger partial charge in [-0.2, -0.15) is 0 Å². The minimum atomic E-state index is 0.470. The highest BCUT2D eigenvalue weighted by Gasteiger charge is 2.28. The van der Waals surface area contributed by atoms with Crippen molar-refractivity contribution < 1.29 is 0 Å². The normalized spacial score (nSPS) is 41.7. The van der Waals surface area contributed by atoms with Crippen LogP contribution in [0, 0.1) is 11.3 Å². The fourth-order valence-corrected chi connectivity index (χ4v) is 2.11. The van der Waals surface area contributed by atoms with Crippen molar-refractivity contribution in [2.24, 2.45) is 17.1 Å². The highest BCUT2D eigenvalue weighted by atomic mass is 14.6. The summed E-state index contributed by atoms with van der Waals surface area (Å²) in [6.07, 6.45) is 5.47. The molecule has 1 aliphatic carbocycles. The van der Waals surface area contributed by atoms with Crippen LogP contribution in [0.15, 0.2) is 0 Å². The van der Waals surface area contributed by atoms with Crippen molar-refractivity contribution in [3.8, 4) is 0 Å². The van der Waals surface area contributed by atoms with Gasteiger partial charge in [-0.25, -0.2) is 0 Å². The first-order chi connectivity index (χ1) is 4.66. The fourth-order valence-electron chi connectivity index (χ4n) is 2.11. The summed E-state index contributed by atoms with van der Waals surface area (Å²) in [4.78, 5) is 0. The molecule has 1 saturated carbocycles. The topological polar surface area (TPSA) is 26.0 Å². The molecule has 0 bridgehead atoms. The van der Waals surface area contributed by atoms with E-state index in [1.165, 1.54) is 25.7 Å². The van der Waals surface area contributed by atoms with Gasteiger partial charge in [0.15, 0.2) is 0 Å². The summed E-state index contributed by atoms with van der Waals surface area (Å²) in [7, 11) is 0. The van der Waals surface area contributed by atoms with Crippen LogP contribution in [0.25, 0.3) is 0 Å². The molecule has 10 heavy (non-hydrogen) atoms. The molecule has 0 aromatic heterocycles. The molecule has 60 valence electrons. The van der Waals surface area contributed by atoms with Crippen LogP contribution in [0.4, 0.5) is 0 Å². The third kappa shape index (κ3) is 1.72. The van der Waals surface area contributed by atoms with E-state index in [4.69, 9.17) is 5.73 Å². The highest BCUT2D eigenvalue weighted by molar-refractivity contribution is 4.81. The summed E-state index contributed by atoms with van der Waals surface area (Å²) < 4.78 is 0. The molecule has 2 atom stereocenters. The predicted molar refractivity (Wildman–Crippen MR) is 44.8 cm³/mol. The van der Waals surface area contributed by atoms with Crippen molar-refractivity contribution in [2.45, 2.75) is 39.5 Å². The Morgan fingerprint density at radius 3 is 2.70 bits per heavy atom. The molecule has 1 heteroatoms. The summed E-state index contributed by atoms with van der Waals surface area (Å²) in [6, 6.07) is 0. The van der Waals surface area contributed by atoms with Crippen LogP contribution >= 0.6 is 0 Å². The standard InChI is InChI=1S/C9H19N/c1-8-4-3-5-9(2,6-8)7-10/h8H,3-7,10H2,1-2H3/t8-,9-/m0/s1. The third-order valence-corrected chi connectivity index (χ3v) is 2.81. The van der Waals surface area contributed by atoms with Crippen molar-refractivity contribution in [1.29, 1.82) is 0 Å². The van der Waals surface area contributed by atoms with E-state index in [0.717, 1.165) is 12.5 Å². The van der Waals surface area contributed by atoms with Crippen LogP contribution in [0.2, 0.25) is 0 Å². The van der Waals surface area contributed by atoms with Crippen molar-refractivity contribution >= 4 is 0 Å². The second kappa shape index (κ2) is 2.91. The van der Waals surface area contributed by atoms with Crippen LogP contribution in [0.5, 0.6) is 0 Å². The second-order valence-corrected chi connectivity index (χ2v) is 4.22. The largest absolute Gasteiger partial charge is 0.330 e. The van der Waals surface area contributed by atoms with E-state index in [0.29, 0.717) is 5.41 Å². The number of hydrogen-bond acceptors (Lipinski definition) is 1. The Bertz CT molecular complexity index is 111. The summed E-state index contributed by atoms with van der Waals surface area (Å²) in [5.74, 6) is 0.905. The monoisotopic (exact) mass is 141 g/mol. The first-order valence-electron chi connectivity index (χ1n) is 4.36. The van der Waals surface area contributed by atoms with Gasteiger partial charge < -0.3 is 5.73 Å². The van der Waals surface area contributed by atoms with Gasteiger partial charge in [0.25, 0.3) is 0 Å². The van der Waals surface area contributed by atoms with Crippen LogP contribution in [-0.4, -0.2) is 6.54 Å². The molecule has 0 saturated heterocycles. The second-order valence-electron chi connectivity index (χ2n) is 4.22. The smallest absolute Gasteiger partial charge is 0.00231 e. The fraction of sp³-hybridized carbons (Fsp3) is 1.00. The average Bonchev–Trinajstić information content (AvgIpc) is 1.88. The van der Waals surface area contributed by atoms with Crippen molar-refractivity contribution in [3.05, 3.63) is 0 Å². The molecule has 1 aliphatic rings. The zero-order chi connectivity index (χ0) is 7.61. The summed E-state index contributed by atoms with van der Waals surface area (Å²) >= 11 is 0. The van der Waals surface area contributed by atoms with Crippen LogP contribution in [-0.2, 0) is 0 Å². The molecule has 0 amide bonds. The maximum Gasteiger partial charge on any atom is -0.00231 e. The van der Waals surface area contributed by atoms with E-state index in [9.17, 15) is 0 Å². The SMILES string of the molecule is C[C@H]1CCC[C@](C)(CN)C1. The Hall–Kier alpha value is -0.0400. The van der Waals surface area contributed by atoms with Crippen molar-refractivity contribution in [1.82, 2.24) is 0 Å². The van der Waals surface area contributed by atoms with Crippen molar-refractivity contribution in [3.63, 3.8) is 0 Å². The van der Waals surface area contributed by atoms with Gasteiger partial charge in [0.1, 0.15) is 0 Å². The molecule has 0 radical (unpaired) electrons. The van der Waals surface area contributed by atoms with E-state index in [-0.39, 0.29) is 0 Å². The average molecular weight is 141 g/mol. The lowest BCUT2D eigenvalue weighted by atomic mass is 9.71. The Labute approximate surface area is 64.0 Å². The Kier molecular flexibility index (Phi) is 2.35. The molecule has 0 aliphatic heterocycles. The number of nitrogens with two attached hydrogens (primary N) is 1. The van der Waals surface area contributed by atoms with Gasteiger partial charge in [0.05, 0.1) is 0 Å². The summed E-state index contributed by atoms with van der Waals surface area (Å²) in [5.41, 5.74) is 6.17. The Morgan fingerprint density at radius 2 is 2.30 bits per heavy atom. The molecule has 2 N–H and O–H groups in total. The zero-order valence-electron chi connectivity index (χ0n) is 7.19. The molecule has 0 aromatic rings. The van der Waals surface area contributed by atoms with E-state index in [1.54, 1.807) is 0 Å². The van der Waals surface area contributed by atoms with E-state index in [2.05, 4.69) is 13.8 Å². The van der Waals surface area contributed by atoms with Gasteiger partial charge in [-0.1, -0.05) is 26.7 Å². The van der Waals surface area contributed by atoms with Gasteiger partial charge in [-0.05, 0) is 30.7 Å². The van der Waals surface area contributed by atoms with E-state index < -0.39 is 0 Å². The number of rotatable bonds is 1. The lowest BCUT2D eigenvalue weighted by Crippen LogP contribution is -2.32. The van der Waals surface area contributed by atoms with Gasteiger partial charge in [0, 0.05) is 0 Å². The molecule has 1 nitrogen and oxygen atoms in total. The molecule has 1 fully saturated rings. The van der Waals surface area contributed by atoms with Crippen LogP contribution in [0.1, 0.15) is 39.5 Å². The van der Waals surface area contributed by atoms with E-state index in [1.807, 2.05) is 0 Å². The summed E-state index contributed by atoms with van der Waals surface area (Å²) in [5, 5.41) is 0. The summed E-state index contributed by atoms with van der Waals surface area (Å²) in [6.45, 7) is 5.53. The first kappa shape index (κ1) is 8.06. The quantitative estimate of drug-likeness (QED) is 0.595. The lowest BCUT2D eigenvalue weighted by Gasteiger charge is -2.35. The molecular formula is C9H19N. The molecule has 1 rings (SSSR count). The predicted octanol–water partition coefficient (Wildman–Crippen LogP) is 2.16. The number of hydrogen-bond donors (Lipinski definition) is 1. The van der Waals surface area contributed by atoms with Gasteiger partial charge in [-0.15, -0.1) is 0 Å². The lowest BCUT2D eigenvalue weighted by molar-refractivity contribution is 0.177. The third-order valence-electron chi connectivity index (χ3n) is 2.81. The minimum absolute atomic E-state index is 0.470. The Morgan fingerprint density at radius 1 is 1.60 bits per heavy atom. The first-order valence-corrected chi connectivity index (χ1v) is 4.36. The van der Waals surface area contributed by atoms with Crippen molar-refractivity contribution in [2.75, 3.05) is 6.54 Å². The van der Waals surface area contributed by atoms with Gasteiger partial charge >= 0.3 is 0 Å². The minimum Gasteiger partial charge on any atom is -0.330 e.